The fourth-order valence-electron chi connectivity index (χ4n) is 12.9. The van der Waals surface area contributed by atoms with Crippen LogP contribution in [-0.4, -0.2) is 151 Å². The minimum atomic E-state index is -0.588. The molecule has 6 fully saturated rings. The molecule has 3 saturated heterocycles. The number of fused-ring (bicyclic) bond motifs is 2. The number of rotatable bonds is 15. The number of nitrogens with zero attached hydrogens (tertiary/aromatic N) is 10. The van der Waals surface area contributed by atoms with E-state index >= 15 is 4.39 Å². The summed E-state index contributed by atoms with van der Waals surface area (Å²) in [7, 11) is 2.24. The number of benzene rings is 2. The monoisotopic (exact) mass is 960 g/mol. The zero-order valence-electron chi connectivity index (χ0n) is 40.3. The smallest absolute Gasteiger partial charge is 0.272 e. The third-order valence-corrected chi connectivity index (χ3v) is 17.2. The Morgan fingerprint density at radius 2 is 1.70 bits per heavy atom. The minimum absolute atomic E-state index is 0.00318. The topological polar surface area (TPSA) is 149 Å². The van der Waals surface area contributed by atoms with Gasteiger partial charge in [-0.25, -0.2) is 14.5 Å². The Bertz CT molecular complexity index is 2740. The number of hydrogen-bond donors (Lipinski definition) is 1. The van der Waals surface area contributed by atoms with Gasteiger partial charge in [0.15, 0.2) is 0 Å². The lowest BCUT2D eigenvalue weighted by Crippen LogP contribution is -2.68. The van der Waals surface area contributed by atoms with Crippen LogP contribution in [0.3, 0.4) is 0 Å². The Kier molecular flexibility index (Phi) is 13.0. The average Bonchev–Trinajstić information content (AvgIpc) is 4.01. The zero-order chi connectivity index (χ0) is 47.3. The Morgan fingerprint density at radius 1 is 0.913 bits per heavy atom. The van der Waals surface area contributed by atoms with Crippen LogP contribution in [0, 0.1) is 18.2 Å². The second-order valence-electron chi connectivity index (χ2n) is 21.2. The highest BCUT2D eigenvalue weighted by Gasteiger charge is 2.69. The maximum absolute atomic E-state index is 15.1. The van der Waals surface area contributed by atoms with Crippen LogP contribution in [0.1, 0.15) is 119 Å². The third kappa shape index (κ3) is 9.41. The zero-order valence-corrected chi connectivity index (χ0v) is 41.1. The van der Waals surface area contributed by atoms with Crippen molar-refractivity contribution >= 4 is 33.9 Å². The molecule has 3 aromatic heterocycles. The number of carbonyl (C=O) groups excluding carboxylic acids is 2. The predicted octanol–water partition coefficient (Wildman–Crippen LogP) is 5.89. The van der Waals surface area contributed by atoms with E-state index in [9.17, 15) is 14.4 Å². The van der Waals surface area contributed by atoms with Crippen LogP contribution in [0.15, 0.2) is 47.3 Å². The van der Waals surface area contributed by atoms with E-state index in [1.807, 2.05) is 28.4 Å². The fourth-order valence-corrected chi connectivity index (χ4v) is 14.0. The van der Waals surface area contributed by atoms with Gasteiger partial charge in [0.2, 0.25) is 5.91 Å². The van der Waals surface area contributed by atoms with E-state index in [1.165, 1.54) is 78.2 Å². The largest absolute Gasteiger partial charge is 0.377 e. The molecular weight excluding hydrogens is 894 g/mol. The van der Waals surface area contributed by atoms with Crippen molar-refractivity contribution in [1.82, 2.24) is 54.4 Å². The van der Waals surface area contributed by atoms with Gasteiger partial charge >= 0.3 is 0 Å². The molecule has 366 valence electrons. The lowest BCUT2D eigenvalue weighted by molar-refractivity contribution is -0.157. The van der Waals surface area contributed by atoms with E-state index in [0.717, 1.165) is 76.9 Å². The quantitative estimate of drug-likeness (QED) is 0.134. The number of thiazole rings is 1. The lowest BCUT2D eigenvalue weighted by Gasteiger charge is -2.71. The molecule has 0 radical (unpaired) electrons. The Labute approximate surface area is 407 Å². The number of aryl methyl sites for hydroxylation is 2. The van der Waals surface area contributed by atoms with E-state index in [0.29, 0.717) is 73.9 Å². The summed E-state index contributed by atoms with van der Waals surface area (Å²) in [6.45, 7) is 11.6. The highest BCUT2D eigenvalue weighted by atomic mass is 32.1. The molecule has 12 rings (SSSR count). The van der Waals surface area contributed by atoms with Gasteiger partial charge in [-0.3, -0.25) is 24.2 Å². The van der Waals surface area contributed by atoms with Gasteiger partial charge in [0.05, 0.1) is 54.2 Å². The number of piperazine rings is 1. The van der Waals surface area contributed by atoms with Crippen molar-refractivity contribution in [2.45, 2.75) is 115 Å². The van der Waals surface area contributed by atoms with Crippen molar-refractivity contribution in [3.05, 3.63) is 103 Å². The second kappa shape index (κ2) is 19.3. The van der Waals surface area contributed by atoms with E-state index in [-0.39, 0.29) is 28.5 Å². The molecule has 1 unspecified atom stereocenters. The maximum atomic E-state index is 15.1. The lowest BCUT2D eigenvalue weighted by atomic mass is 9.34. The molecule has 1 atom stereocenters. The molecule has 17 heteroatoms. The van der Waals surface area contributed by atoms with Gasteiger partial charge < -0.3 is 24.0 Å². The number of carbonyl (C=O) groups is 2. The van der Waals surface area contributed by atoms with Crippen molar-refractivity contribution in [3.63, 3.8) is 0 Å². The van der Waals surface area contributed by atoms with E-state index < -0.39 is 11.7 Å². The van der Waals surface area contributed by atoms with Crippen LogP contribution >= 0.6 is 11.3 Å². The normalized spacial score (nSPS) is 24.4. The SMILES string of the molecule is Cc1sc(CN2CCCC2c2nnc3n2CCCCC3)nc1C12CC(CN(C)CCOC3CCN(CC(=O)N4CCN(C(=O)c5cc(Cc6n[nH]c(=O)c7ccccc67)ccc5F)CC4)CC3)(C1)C2. The van der Waals surface area contributed by atoms with Gasteiger partial charge in [0, 0.05) is 87.4 Å². The molecular formula is C52H66FN11O4S. The Hall–Kier alpha value is -4.94. The minimum Gasteiger partial charge on any atom is -0.377 e. The Morgan fingerprint density at radius 3 is 2.51 bits per heavy atom. The second-order valence-corrected chi connectivity index (χ2v) is 22.5. The number of aromatic amines is 1. The number of hydrogen-bond acceptors (Lipinski definition) is 12. The van der Waals surface area contributed by atoms with Crippen molar-refractivity contribution in [2.24, 2.45) is 5.41 Å². The standard InChI is InChI=1S/C52H66FN11O4S/c1-35-47(54-45(69-35)29-63-17-8-11-43(63)48-57-56-44-12-4-3-7-18-64(44)48)52-31-51(32-52,33-52)34-59(2)25-26-68-37-15-19-60(20-16-37)30-46(65)61-21-23-62(24-22-61)50(67)40-27-36(13-14-41(40)53)28-42-38-9-5-6-10-39(38)49(66)58-55-42/h5-6,9-10,13-14,27,37,43H,3-4,7-8,11-12,15-26,28-34H2,1-2H3,(H,58,66). The van der Waals surface area contributed by atoms with Crippen molar-refractivity contribution in [1.29, 1.82) is 0 Å². The van der Waals surface area contributed by atoms with E-state index in [4.69, 9.17) is 14.8 Å². The molecule has 5 aromatic rings. The van der Waals surface area contributed by atoms with Gasteiger partial charge in [-0.2, -0.15) is 5.10 Å². The summed E-state index contributed by atoms with van der Waals surface area (Å²) in [6.07, 6.45) is 13.2. The molecule has 0 spiro atoms. The molecule has 2 aromatic carbocycles. The highest BCUT2D eigenvalue weighted by Crippen LogP contribution is 2.74. The van der Waals surface area contributed by atoms with Crippen LogP contribution in [0.5, 0.6) is 0 Å². The molecule has 3 aliphatic carbocycles. The number of piperidine rings is 1. The Balaban J connectivity index is 0.580. The molecule has 2 amide bonds. The van der Waals surface area contributed by atoms with Crippen LogP contribution in [0.25, 0.3) is 10.8 Å². The highest BCUT2D eigenvalue weighted by molar-refractivity contribution is 7.11. The average molecular weight is 960 g/mol. The number of H-pyrrole nitrogens is 1. The summed E-state index contributed by atoms with van der Waals surface area (Å²) < 4.78 is 23.9. The number of nitrogens with one attached hydrogen (secondary N) is 1. The van der Waals surface area contributed by atoms with Crippen molar-refractivity contribution in [3.8, 4) is 0 Å². The number of aromatic nitrogens is 6. The molecule has 7 heterocycles. The van der Waals surface area contributed by atoms with Crippen molar-refractivity contribution in [2.75, 3.05) is 79.1 Å². The summed E-state index contributed by atoms with van der Waals surface area (Å²) in [6, 6.07) is 12.1. The number of halogens is 1. The summed E-state index contributed by atoms with van der Waals surface area (Å²) >= 11 is 1.91. The first-order valence-electron chi connectivity index (χ1n) is 25.5. The molecule has 69 heavy (non-hydrogen) atoms. The first-order valence-corrected chi connectivity index (χ1v) is 26.3. The summed E-state index contributed by atoms with van der Waals surface area (Å²) in [5, 5.41) is 18.6. The third-order valence-electron chi connectivity index (χ3n) is 16.3. The number of ether oxygens (including phenoxy) is 1. The first-order chi connectivity index (χ1) is 33.5. The fraction of sp³-hybridized carbons (Fsp3) is 0.596. The summed E-state index contributed by atoms with van der Waals surface area (Å²) in [4.78, 5) is 56.7. The van der Waals surface area contributed by atoms with Crippen LogP contribution in [0.2, 0.25) is 0 Å². The molecule has 1 N–H and O–H groups in total. The van der Waals surface area contributed by atoms with Gasteiger partial charge in [0.25, 0.3) is 11.5 Å². The molecule has 3 saturated carbocycles. The van der Waals surface area contributed by atoms with Crippen LogP contribution in [-0.2, 0) is 40.9 Å². The number of likely N-dealkylation sites (tertiary alicyclic amines) is 2. The van der Waals surface area contributed by atoms with Gasteiger partial charge in [-0.05, 0) is 107 Å². The summed E-state index contributed by atoms with van der Waals surface area (Å²) in [5.74, 6) is 1.44. The first kappa shape index (κ1) is 46.4. The van der Waals surface area contributed by atoms with E-state index in [2.05, 4.69) is 48.5 Å². The van der Waals surface area contributed by atoms with Crippen LogP contribution < -0.4 is 5.56 Å². The summed E-state index contributed by atoms with van der Waals surface area (Å²) in [5.41, 5.74) is 3.13. The van der Waals surface area contributed by atoms with Gasteiger partial charge in [-0.1, -0.05) is 30.7 Å². The molecule has 2 bridgehead atoms. The van der Waals surface area contributed by atoms with Gasteiger partial charge in [0.1, 0.15) is 22.5 Å². The van der Waals surface area contributed by atoms with Crippen molar-refractivity contribution < 1.29 is 18.7 Å². The van der Waals surface area contributed by atoms with Gasteiger partial charge in [-0.15, -0.1) is 21.5 Å². The molecule has 15 nitrogen and oxygen atoms in total. The van der Waals surface area contributed by atoms with E-state index in [1.54, 1.807) is 29.2 Å². The van der Waals surface area contributed by atoms with Crippen LogP contribution in [0.4, 0.5) is 4.39 Å². The number of amides is 2. The predicted molar refractivity (Wildman–Crippen MR) is 262 cm³/mol. The maximum Gasteiger partial charge on any atom is 0.272 e. The number of likely N-dealkylation sites (N-methyl/N-ethyl adjacent to an activating group) is 1. The molecule has 7 aliphatic rings. The molecule has 4 aliphatic heterocycles.